The summed E-state index contributed by atoms with van der Waals surface area (Å²) < 4.78 is 0. The van der Waals surface area contributed by atoms with Crippen molar-refractivity contribution < 1.29 is 4.79 Å². The van der Waals surface area contributed by atoms with Crippen molar-refractivity contribution in [3.8, 4) is 0 Å². The van der Waals surface area contributed by atoms with E-state index in [0.29, 0.717) is 18.0 Å². The SMILES string of the molecule is Cl.NCc1ccc(C(=O)NCC2CCN(c3ccncc3)CC2)cc1. The number of piperidine rings is 1. The fourth-order valence-electron chi connectivity index (χ4n) is 3.08. The van der Waals surface area contributed by atoms with Crippen molar-refractivity contribution in [2.75, 3.05) is 24.5 Å². The molecular formula is C19H25ClN4O. The van der Waals surface area contributed by atoms with Crippen molar-refractivity contribution in [2.24, 2.45) is 11.7 Å². The predicted octanol–water partition coefficient (Wildman–Crippen LogP) is 2.61. The van der Waals surface area contributed by atoms with Gasteiger partial charge in [0, 0.05) is 49.8 Å². The molecule has 0 unspecified atom stereocenters. The first-order valence-electron chi connectivity index (χ1n) is 8.48. The Morgan fingerprint density at radius 3 is 2.36 bits per heavy atom. The van der Waals surface area contributed by atoms with Crippen molar-refractivity contribution >= 4 is 24.0 Å². The number of nitrogens with two attached hydrogens (primary N) is 1. The summed E-state index contributed by atoms with van der Waals surface area (Å²) in [6.07, 6.45) is 5.85. The molecule has 1 fully saturated rings. The van der Waals surface area contributed by atoms with Crippen LogP contribution in [0.3, 0.4) is 0 Å². The Hall–Kier alpha value is -2.11. The van der Waals surface area contributed by atoms with E-state index in [2.05, 4.69) is 15.2 Å². The lowest BCUT2D eigenvalue weighted by atomic mass is 9.96. The van der Waals surface area contributed by atoms with E-state index in [9.17, 15) is 4.79 Å². The molecule has 0 radical (unpaired) electrons. The smallest absolute Gasteiger partial charge is 0.251 e. The molecule has 3 N–H and O–H groups in total. The number of aromatic nitrogens is 1. The number of nitrogens with one attached hydrogen (secondary N) is 1. The van der Waals surface area contributed by atoms with E-state index in [4.69, 9.17) is 5.73 Å². The van der Waals surface area contributed by atoms with E-state index in [1.54, 1.807) is 0 Å². The van der Waals surface area contributed by atoms with E-state index in [1.165, 1.54) is 5.69 Å². The van der Waals surface area contributed by atoms with E-state index in [0.717, 1.165) is 38.0 Å². The highest BCUT2D eigenvalue weighted by atomic mass is 35.5. The van der Waals surface area contributed by atoms with Crippen LogP contribution >= 0.6 is 12.4 Å². The Bertz CT molecular complexity index is 655. The van der Waals surface area contributed by atoms with Gasteiger partial charge < -0.3 is 16.0 Å². The number of carbonyl (C=O) groups is 1. The molecule has 1 aromatic carbocycles. The number of benzene rings is 1. The maximum absolute atomic E-state index is 12.2. The average Bonchev–Trinajstić information content (AvgIpc) is 2.67. The lowest BCUT2D eigenvalue weighted by Gasteiger charge is -2.33. The zero-order chi connectivity index (χ0) is 16.8. The second-order valence-corrected chi connectivity index (χ2v) is 6.25. The number of hydrogen-bond acceptors (Lipinski definition) is 4. The molecule has 1 aliphatic heterocycles. The Morgan fingerprint density at radius 2 is 1.76 bits per heavy atom. The highest BCUT2D eigenvalue weighted by molar-refractivity contribution is 5.94. The van der Waals surface area contributed by atoms with Crippen molar-refractivity contribution in [1.82, 2.24) is 10.3 Å². The first-order valence-corrected chi connectivity index (χ1v) is 8.48. The molecule has 2 aromatic rings. The molecule has 0 atom stereocenters. The summed E-state index contributed by atoms with van der Waals surface area (Å²) in [4.78, 5) is 18.7. The molecule has 1 aliphatic rings. The van der Waals surface area contributed by atoms with Gasteiger partial charge in [-0.1, -0.05) is 12.1 Å². The van der Waals surface area contributed by atoms with Gasteiger partial charge >= 0.3 is 0 Å². The minimum atomic E-state index is -0.00450. The summed E-state index contributed by atoms with van der Waals surface area (Å²) in [6.45, 7) is 3.28. The molecule has 1 saturated heterocycles. The number of pyridine rings is 1. The van der Waals surface area contributed by atoms with Crippen LogP contribution in [0.1, 0.15) is 28.8 Å². The third-order valence-electron chi connectivity index (χ3n) is 4.65. The van der Waals surface area contributed by atoms with Crippen LogP contribution in [0, 0.1) is 5.92 Å². The topological polar surface area (TPSA) is 71.2 Å². The third-order valence-corrected chi connectivity index (χ3v) is 4.65. The summed E-state index contributed by atoms with van der Waals surface area (Å²) in [5, 5.41) is 3.06. The quantitative estimate of drug-likeness (QED) is 0.859. The third kappa shape index (κ3) is 5.18. The van der Waals surface area contributed by atoms with Crippen LogP contribution in [-0.2, 0) is 6.54 Å². The molecule has 2 heterocycles. The number of hydrogen-bond donors (Lipinski definition) is 2. The average molecular weight is 361 g/mol. The summed E-state index contributed by atoms with van der Waals surface area (Å²) in [5.41, 5.74) is 8.54. The maximum Gasteiger partial charge on any atom is 0.251 e. The monoisotopic (exact) mass is 360 g/mol. The number of carbonyl (C=O) groups excluding carboxylic acids is 1. The maximum atomic E-state index is 12.2. The van der Waals surface area contributed by atoms with Crippen molar-refractivity contribution in [2.45, 2.75) is 19.4 Å². The molecular weight excluding hydrogens is 336 g/mol. The summed E-state index contributed by atoms with van der Waals surface area (Å²) >= 11 is 0. The van der Waals surface area contributed by atoms with Crippen molar-refractivity contribution in [3.63, 3.8) is 0 Å². The van der Waals surface area contributed by atoms with Gasteiger partial charge in [-0.3, -0.25) is 9.78 Å². The molecule has 25 heavy (non-hydrogen) atoms. The lowest BCUT2D eigenvalue weighted by Crippen LogP contribution is -2.38. The summed E-state index contributed by atoms with van der Waals surface area (Å²) in [5.74, 6) is 0.533. The fourth-order valence-corrected chi connectivity index (χ4v) is 3.08. The second kappa shape index (κ2) is 9.39. The molecule has 5 nitrogen and oxygen atoms in total. The normalized spacial score (nSPS) is 14.7. The highest BCUT2D eigenvalue weighted by Gasteiger charge is 2.20. The van der Waals surface area contributed by atoms with E-state index in [-0.39, 0.29) is 18.3 Å². The number of anilines is 1. The van der Waals surface area contributed by atoms with E-state index in [1.807, 2.05) is 48.8 Å². The first-order chi connectivity index (χ1) is 11.8. The minimum absolute atomic E-state index is 0. The van der Waals surface area contributed by atoms with Gasteiger partial charge in [-0.15, -0.1) is 12.4 Å². The largest absolute Gasteiger partial charge is 0.371 e. The van der Waals surface area contributed by atoms with Gasteiger partial charge in [0.25, 0.3) is 5.91 Å². The van der Waals surface area contributed by atoms with Gasteiger partial charge in [0.05, 0.1) is 0 Å². The van der Waals surface area contributed by atoms with Gasteiger partial charge in [0.15, 0.2) is 0 Å². The second-order valence-electron chi connectivity index (χ2n) is 6.25. The first kappa shape index (κ1) is 19.2. The standard InChI is InChI=1S/C19H24N4O.ClH/c20-13-15-1-3-17(4-2-15)19(24)22-14-16-7-11-23(12-8-16)18-5-9-21-10-6-18;/h1-6,9-10,16H,7-8,11-14,20H2,(H,22,24);1H. The molecule has 0 spiro atoms. The van der Waals surface area contributed by atoms with E-state index < -0.39 is 0 Å². The van der Waals surface area contributed by atoms with Crippen LogP contribution in [0.2, 0.25) is 0 Å². The van der Waals surface area contributed by atoms with E-state index >= 15 is 0 Å². The van der Waals surface area contributed by atoms with Gasteiger partial charge in [-0.05, 0) is 48.6 Å². The van der Waals surface area contributed by atoms with Crippen LogP contribution in [0.5, 0.6) is 0 Å². The van der Waals surface area contributed by atoms with Crippen LogP contribution in [0.15, 0.2) is 48.8 Å². The van der Waals surface area contributed by atoms with Gasteiger partial charge in [0.2, 0.25) is 0 Å². The van der Waals surface area contributed by atoms with Crippen LogP contribution < -0.4 is 16.0 Å². The Labute approximate surface area is 155 Å². The Balaban J connectivity index is 0.00000225. The van der Waals surface area contributed by atoms with Gasteiger partial charge in [0.1, 0.15) is 0 Å². The minimum Gasteiger partial charge on any atom is -0.371 e. The van der Waals surface area contributed by atoms with Crippen LogP contribution in [0.25, 0.3) is 0 Å². The summed E-state index contributed by atoms with van der Waals surface area (Å²) in [7, 11) is 0. The Kier molecular flexibility index (Phi) is 7.22. The lowest BCUT2D eigenvalue weighted by molar-refractivity contribution is 0.0945. The zero-order valence-corrected chi connectivity index (χ0v) is 15.0. The van der Waals surface area contributed by atoms with Crippen LogP contribution in [0.4, 0.5) is 5.69 Å². The molecule has 3 rings (SSSR count). The van der Waals surface area contributed by atoms with Gasteiger partial charge in [-0.25, -0.2) is 0 Å². The molecule has 1 aromatic heterocycles. The number of nitrogens with zero attached hydrogens (tertiary/aromatic N) is 2. The molecule has 0 bridgehead atoms. The molecule has 0 aliphatic carbocycles. The van der Waals surface area contributed by atoms with Crippen molar-refractivity contribution in [3.05, 3.63) is 59.9 Å². The highest BCUT2D eigenvalue weighted by Crippen LogP contribution is 2.22. The predicted molar refractivity (Wildman–Crippen MR) is 103 cm³/mol. The number of rotatable bonds is 5. The zero-order valence-electron chi connectivity index (χ0n) is 14.2. The van der Waals surface area contributed by atoms with Gasteiger partial charge in [-0.2, -0.15) is 0 Å². The van der Waals surface area contributed by atoms with Crippen LogP contribution in [-0.4, -0.2) is 30.5 Å². The molecule has 6 heteroatoms. The number of halogens is 1. The Morgan fingerprint density at radius 1 is 1.12 bits per heavy atom. The van der Waals surface area contributed by atoms with Crippen molar-refractivity contribution in [1.29, 1.82) is 0 Å². The fraction of sp³-hybridized carbons (Fsp3) is 0.368. The summed E-state index contributed by atoms with van der Waals surface area (Å²) in [6, 6.07) is 11.6. The molecule has 1 amide bonds. The number of amides is 1. The molecule has 0 saturated carbocycles. The molecule has 134 valence electrons.